The molecule has 3 aromatic rings. The molecule has 1 N–H and O–H groups in total. The highest BCUT2D eigenvalue weighted by Gasteiger charge is 2.12. The standard InChI is InChI=1S/C15H17N5O2S/c1-22-8-7-20-9-18-19-13(20)5-6-16-15(21)11-3-2-4-12-14(11)23-10-17-12/h2-4,9-10H,5-8H2,1H3,(H,16,21). The number of nitrogens with one attached hydrogen (secondary N) is 1. The summed E-state index contributed by atoms with van der Waals surface area (Å²) < 4.78 is 7.89. The van der Waals surface area contributed by atoms with E-state index in [1.807, 2.05) is 22.8 Å². The summed E-state index contributed by atoms with van der Waals surface area (Å²) in [7, 11) is 1.66. The van der Waals surface area contributed by atoms with Crippen molar-refractivity contribution in [2.45, 2.75) is 13.0 Å². The number of nitrogens with zero attached hydrogens (tertiary/aromatic N) is 4. The minimum Gasteiger partial charge on any atom is -0.383 e. The molecule has 2 heterocycles. The van der Waals surface area contributed by atoms with Crippen molar-refractivity contribution in [1.29, 1.82) is 0 Å². The molecule has 0 aliphatic rings. The first-order valence-corrected chi connectivity index (χ1v) is 8.13. The van der Waals surface area contributed by atoms with E-state index in [4.69, 9.17) is 4.74 Å². The first kappa shape index (κ1) is 15.6. The smallest absolute Gasteiger partial charge is 0.252 e. The normalized spacial score (nSPS) is 11.0. The molecule has 0 atom stereocenters. The maximum absolute atomic E-state index is 12.3. The van der Waals surface area contributed by atoms with Gasteiger partial charge in [-0.3, -0.25) is 4.79 Å². The lowest BCUT2D eigenvalue weighted by molar-refractivity contribution is 0.0955. The average molecular weight is 331 g/mol. The minimum atomic E-state index is -0.0946. The summed E-state index contributed by atoms with van der Waals surface area (Å²) in [5.74, 6) is 0.737. The Labute approximate surface area is 137 Å². The first-order valence-electron chi connectivity index (χ1n) is 7.25. The summed E-state index contributed by atoms with van der Waals surface area (Å²) in [5, 5.41) is 10.9. The van der Waals surface area contributed by atoms with Crippen molar-refractivity contribution in [2.75, 3.05) is 20.3 Å². The number of fused-ring (bicyclic) bond motifs is 1. The summed E-state index contributed by atoms with van der Waals surface area (Å²) >= 11 is 1.47. The molecule has 0 saturated heterocycles. The van der Waals surface area contributed by atoms with Crippen LogP contribution < -0.4 is 5.32 Å². The van der Waals surface area contributed by atoms with Gasteiger partial charge in [-0.25, -0.2) is 4.98 Å². The highest BCUT2D eigenvalue weighted by atomic mass is 32.1. The molecule has 0 bridgehead atoms. The zero-order valence-electron chi connectivity index (χ0n) is 12.7. The van der Waals surface area contributed by atoms with E-state index in [0.29, 0.717) is 31.7 Å². The number of methoxy groups -OCH3 is 1. The molecule has 1 amide bonds. The van der Waals surface area contributed by atoms with Gasteiger partial charge in [-0.05, 0) is 12.1 Å². The molecule has 0 aliphatic heterocycles. The third kappa shape index (κ3) is 3.54. The lowest BCUT2D eigenvalue weighted by Gasteiger charge is -2.07. The lowest BCUT2D eigenvalue weighted by atomic mass is 10.2. The Morgan fingerprint density at radius 1 is 1.43 bits per heavy atom. The molecule has 0 saturated carbocycles. The monoisotopic (exact) mass is 331 g/mol. The van der Waals surface area contributed by atoms with Crippen molar-refractivity contribution in [3.8, 4) is 0 Å². The van der Waals surface area contributed by atoms with E-state index in [9.17, 15) is 4.79 Å². The van der Waals surface area contributed by atoms with E-state index < -0.39 is 0 Å². The molecule has 23 heavy (non-hydrogen) atoms. The third-order valence-electron chi connectivity index (χ3n) is 3.47. The number of rotatable bonds is 7. The molecule has 7 nitrogen and oxygen atoms in total. The van der Waals surface area contributed by atoms with Gasteiger partial charge in [0, 0.05) is 26.6 Å². The molecule has 120 valence electrons. The van der Waals surface area contributed by atoms with Crippen LogP contribution in [-0.4, -0.2) is 45.9 Å². The van der Waals surface area contributed by atoms with Gasteiger partial charge in [0.05, 0.1) is 27.9 Å². The third-order valence-corrected chi connectivity index (χ3v) is 4.34. The zero-order valence-corrected chi connectivity index (χ0v) is 13.5. The topological polar surface area (TPSA) is 81.9 Å². The van der Waals surface area contributed by atoms with Crippen LogP contribution >= 0.6 is 11.3 Å². The van der Waals surface area contributed by atoms with Crippen molar-refractivity contribution in [3.05, 3.63) is 41.4 Å². The van der Waals surface area contributed by atoms with Gasteiger partial charge >= 0.3 is 0 Å². The Morgan fingerprint density at radius 3 is 3.22 bits per heavy atom. The largest absolute Gasteiger partial charge is 0.383 e. The number of aromatic nitrogens is 4. The number of carbonyl (C=O) groups excluding carboxylic acids is 1. The number of amides is 1. The van der Waals surface area contributed by atoms with Crippen LogP contribution in [0.1, 0.15) is 16.2 Å². The van der Waals surface area contributed by atoms with Crippen molar-refractivity contribution >= 4 is 27.5 Å². The number of hydrogen-bond donors (Lipinski definition) is 1. The van der Waals surface area contributed by atoms with E-state index in [0.717, 1.165) is 16.0 Å². The minimum absolute atomic E-state index is 0.0946. The predicted molar refractivity (Wildman–Crippen MR) is 87.6 cm³/mol. The molecule has 1 aromatic carbocycles. The Bertz CT molecular complexity index is 798. The quantitative estimate of drug-likeness (QED) is 0.709. The second-order valence-corrected chi connectivity index (χ2v) is 5.80. The SMILES string of the molecule is COCCn1cnnc1CCNC(=O)c1cccc2ncsc12. The highest BCUT2D eigenvalue weighted by molar-refractivity contribution is 7.17. The second kappa shape index (κ2) is 7.30. The molecule has 0 aliphatic carbocycles. The fourth-order valence-corrected chi connectivity index (χ4v) is 3.10. The fourth-order valence-electron chi connectivity index (χ4n) is 2.30. The van der Waals surface area contributed by atoms with Crippen LogP contribution in [-0.2, 0) is 17.7 Å². The lowest BCUT2D eigenvalue weighted by Crippen LogP contribution is -2.26. The highest BCUT2D eigenvalue weighted by Crippen LogP contribution is 2.21. The summed E-state index contributed by atoms with van der Waals surface area (Å²) in [4.78, 5) is 16.6. The first-order chi connectivity index (χ1) is 11.3. The van der Waals surface area contributed by atoms with Crippen LogP contribution in [0, 0.1) is 0 Å². The Balaban J connectivity index is 1.60. The second-order valence-electron chi connectivity index (χ2n) is 4.95. The molecule has 2 aromatic heterocycles. The van der Waals surface area contributed by atoms with Crippen LogP contribution in [0.15, 0.2) is 30.0 Å². The van der Waals surface area contributed by atoms with Gasteiger partial charge in [0.25, 0.3) is 5.91 Å². The van der Waals surface area contributed by atoms with Crippen molar-refractivity contribution in [1.82, 2.24) is 25.1 Å². The van der Waals surface area contributed by atoms with Gasteiger partial charge in [0.2, 0.25) is 0 Å². The van der Waals surface area contributed by atoms with E-state index in [-0.39, 0.29) is 5.91 Å². The Kier molecular flexibility index (Phi) is 4.94. The van der Waals surface area contributed by atoms with E-state index >= 15 is 0 Å². The summed E-state index contributed by atoms with van der Waals surface area (Å²) in [5.41, 5.74) is 3.26. The van der Waals surface area contributed by atoms with Gasteiger partial charge in [0.15, 0.2) is 0 Å². The molecular weight excluding hydrogens is 314 g/mol. The molecule has 8 heteroatoms. The molecule has 3 rings (SSSR count). The van der Waals surface area contributed by atoms with Crippen molar-refractivity contribution in [2.24, 2.45) is 0 Å². The van der Waals surface area contributed by atoms with E-state index in [1.165, 1.54) is 11.3 Å². The van der Waals surface area contributed by atoms with E-state index in [1.54, 1.807) is 18.9 Å². The van der Waals surface area contributed by atoms with Gasteiger partial charge in [-0.1, -0.05) is 6.07 Å². The van der Waals surface area contributed by atoms with Gasteiger partial charge < -0.3 is 14.6 Å². The summed E-state index contributed by atoms with van der Waals surface area (Å²) in [6.07, 6.45) is 2.29. The van der Waals surface area contributed by atoms with Crippen molar-refractivity contribution < 1.29 is 9.53 Å². The summed E-state index contributed by atoms with van der Waals surface area (Å²) in [6.45, 7) is 1.80. The number of hydrogen-bond acceptors (Lipinski definition) is 6. The van der Waals surface area contributed by atoms with Gasteiger partial charge in [-0.2, -0.15) is 0 Å². The number of benzene rings is 1. The summed E-state index contributed by atoms with van der Waals surface area (Å²) in [6, 6.07) is 5.57. The number of thiazole rings is 1. The number of ether oxygens (including phenoxy) is 1. The number of carbonyl (C=O) groups is 1. The van der Waals surface area contributed by atoms with Gasteiger partial charge in [0.1, 0.15) is 12.2 Å². The van der Waals surface area contributed by atoms with Crippen LogP contribution in [0.4, 0.5) is 0 Å². The Morgan fingerprint density at radius 2 is 2.35 bits per heavy atom. The maximum atomic E-state index is 12.3. The van der Waals surface area contributed by atoms with Crippen LogP contribution in [0.25, 0.3) is 10.2 Å². The predicted octanol–water partition coefficient (Wildman–Crippen LogP) is 1.51. The molecule has 0 spiro atoms. The van der Waals surface area contributed by atoms with Gasteiger partial charge in [-0.15, -0.1) is 21.5 Å². The van der Waals surface area contributed by atoms with Crippen molar-refractivity contribution in [3.63, 3.8) is 0 Å². The molecule has 0 fully saturated rings. The molecule has 0 unspecified atom stereocenters. The van der Waals surface area contributed by atoms with Crippen LogP contribution in [0.3, 0.4) is 0 Å². The molecular formula is C15H17N5O2S. The average Bonchev–Trinajstić information content (AvgIpc) is 3.21. The molecule has 0 radical (unpaired) electrons. The fraction of sp³-hybridized carbons (Fsp3) is 0.333. The zero-order chi connectivity index (χ0) is 16.1. The maximum Gasteiger partial charge on any atom is 0.252 e. The van der Waals surface area contributed by atoms with E-state index in [2.05, 4.69) is 20.5 Å². The van der Waals surface area contributed by atoms with Crippen LogP contribution in [0.5, 0.6) is 0 Å². The Hall–Kier alpha value is -2.32. The van der Waals surface area contributed by atoms with Crippen LogP contribution in [0.2, 0.25) is 0 Å².